The molecule has 7 nitrogen and oxygen atoms in total. The van der Waals surface area contributed by atoms with Gasteiger partial charge in [0.05, 0.1) is 18.1 Å². The minimum atomic E-state index is -1.10. The molecule has 0 amide bonds. The maximum atomic E-state index is 12.3. The maximum Gasteiger partial charge on any atom is 0.320 e. The van der Waals surface area contributed by atoms with E-state index in [2.05, 4.69) is 0 Å². The largest absolute Gasteiger partial charge is 0.465 e. The lowest BCUT2D eigenvalue weighted by molar-refractivity contribution is -0.384. The highest BCUT2D eigenvalue weighted by molar-refractivity contribution is 7.98. The second-order valence-corrected chi connectivity index (χ2v) is 5.80. The van der Waals surface area contributed by atoms with E-state index in [0.29, 0.717) is 11.3 Å². The van der Waals surface area contributed by atoms with Crippen LogP contribution in [-0.2, 0) is 19.1 Å². The summed E-state index contributed by atoms with van der Waals surface area (Å²) in [5.41, 5.74) is 0.603. The Kier molecular flexibility index (Phi) is 8.25. The zero-order valence-electron chi connectivity index (χ0n) is 13.9. The first-order chi connectivity index (χ1) is 11.5. The molecule has 0 radical (unpaired) electrons. The van der Waals surface area contributed by atoms with Gasteiger partial charge in [-0.2, -0.15) is 11.8 Å². The Morgan fingerprint density at radius 2 is 1.62 bits per heavy atom. The van der Waals surface area contributed by atoms with Crippen molar-refractivity contribution in [1.29, 1.82) is 0 Å². The summed E-state index contributed by atoms with van der Waals surface area (Å²) in [4.78, 5) is 34.9. The van der Waals surface area contributed by atoms with Crippen molar-refractivity contribution in [1.82, 2.24) is 0 Å². The number of rotatable bonds is 9. The number of nitrogens with zero attached hydrogens (tertiary/aromatic N) is 1. The van der Waals surface area contributed by atoms with Crippen molar-refractivity contribution in [3.05, 3.63) is 39.9 Å². The van der Waals surface area contributed by atoms with Gasteiger partial charge < -0.3 is 9.47 Å². The second kappa shape index (κ2) is 9.92. The third-order valence-corrected chi connectivity index (χ3v) is 4.05. The fourth-order valence-corrected chi connectivity index (χ4v) is 3.04. The molecule has 0 N–H and O–H groups in total. The summed E-state index contributed by atoms with van der Waals surface area (Å²) in [5.74, 6) is -2.40. The molecule has 0 spiro atoms. The van der Waals surface area contributed by atoms with Crippen LogP contribution in [0, 0.1) is 16.0 Å². The molecule has 0 aliphatic heterocycles. The number of nitro groups is 1. The molecular formula is C16H21NO6S. The van der Waals surface area contributed by atoms with Crippen molar-refractivity contribution in [2.75, 3.05) is 25.2 Å². The smallest absolute Gasteiger partial charge is 0.320 e. The molecule has 0 saturated carbocycles. The number of benzene rings is 1. The number of ether oxygens (including phenoxy) is 2. The number of carbonyl (C=O) groups is 2. The number of hydrogen-bond donors (Lipinski definition) is 0. The lowest BCUT2D eigenvalue weighted by Gasteiger charge is -2.24. The molecule has 1 rings (SSSR count). The zero-order valence-corrected chi connectivity index (χ0v) is 14.7. The highest BCUT2D eigenvalue weighted by atomic mass is 32.2. The van der Waals surface area contributed by atoms with Gasteiger partial charge in [0.25, 0.3) is 5.69 Å². The summed E-state index contributed by atoms with van der Waals surface area (Å²) < 4.78 is 10.0. The number of carbonyl (C=O) groups excluding carboxylic acids is 2. The molecule has 132 valence electrons. The average molecular weight is 355 g/mol. The summed E-state index contributed by atoms with van der Waals surface area (Å²) in [6.45, 7) is 3.63. The first-order valence-corrected chi connectivity index (χ1v) is 8.92. The second-order valence-electron chi connectivity index (χ2n) is 4.89. The monoisotopic (exact) mass is 355 g/mol. The van der Waals surface area contributed by atoms with E-state index in [1.165, 1.54) is 23.9 Å². The lowest BCUT2D eigenvalue weighted by atomic mass is 9.87. The minimum absolute atomic E-state index is 0.0505. The fourth-order valence-electron chi connectivity index (χ4n) is 2.30. The van der Waals surface area contributed by atoms with Crippen LogP contribution in [0.25, 0.3) is 0 Å². The van der Waals surface area contributed by atoms with E-state index < -0.39 is 28.7 Å². The van der Waals surface area contributed by atoms with E-state index in [1.54, 1.807) is 26.0 Å². The van der Waals surface area contributed by atoms with Crippen molar-refractivity contribution >= 4 is 29.4 Å². The highest BCUT2D eigenvalue weighted by Crippen LogP contribution is 2.31. The number of non-ortho nitro benzene ring substituents is 1. The van der Waals surface area contributed by atoms with Gasteiger partial charge in [-0.05, 0) is 25.7 Å². The molecule has 0 fully saturated rings. The van der Waals surface area contributed by atoms with Crippen LogP contribution in [0.2, 0.25) is 0 Å². The Labute approximate surface area is 144 Å². The maximum absolute atomic E-state index is 12.3. The fraction of sp³-hybridized carbons (Fsp3) is 0.500. The van der Waals surface area contributed by atoms with E-state index in [1.807, 2.05) is 6.26 Å². The Bertz CT molecular complexity index is 556. The third-order valence-electron chi connectivity index (χ3n) is 3.36. The van der Waals surface area contributed by atoms with Gasteiger partial charge in [-0.15, -0.1) is 0 Å². The van der Waals surface area contributed by atoms with Gasteiger partial charge in [0.15, 0.2) is 5.92 Å². The van der Waals surface area contributed by atoms with E-state index in [0.717, 1.165) is 0 Å². The van der Waals surface area contributed by atoms with Crippen LogP contribution < -0.4 is 0 Å². The van der Waals surface area contributed by atoms with Crippen molar-refractivity contribution in [3.63, 3.8) is 0 Å². The van der Waals surface area contributed by atoms with Crippen LogP contribution in [0.4, 0.5) is 5.69 Å². The van der Waals surface area contributed by atoms with Crippen molar-refractivity contribution < 1.29 is 24.0 Å². The SMILES string of the molecule is CCOC(=O)C(C(=O)OCC)C(CSC)c1ccc([N+](=O)[O-])cc1. The molecule has 1 aromatic carbocycles. The topological polar surface area (TPSA) is 95.7 Å². The van der Waals surface area contributed by atoms with Gasteiger partial charge in [-0.25, -0.2) is 0 Å². The quantitative estimate of drug-likeness (QED) is 0.291. The van der Waals surface area contributed by atoms with Crippen LogP contribution in [0.15, 0.2) is 24.3 Å². The molecule has 1 aromatic rings. The molecule has 0 aliphatic rings. The lowest BCUT2D eigenvalue weighted by Crippen LogP contribution is -2.34. The summed E-state index contributed by atoms with van der Waals surface area (Å²) in [6.07, 6.45) is 1.85. The normalized spacial score (nSPS) is 11.8. The number of nitro benzene ring substituents is 1. The van der Waals surface area contributed by atoms with Crippen molar-refractivity contribution in [3.8, 4) is 0 Å². The van der Waals surface area contributed by atoms with Crippen LogP contribution in [0.3, 0.4) is 0 Å². The summed E-state index contributed by atoms with van der Waals surface area (Å²) in [5, 5.41) is 10.8. The van der Waals surface area contributed by atoms with Crippen molar-refractivity contribution in [2.45, 2.75) is 19.8 Å². The summed E-state index contributed by atoms with van der Waals surface area (Å²) in [7, 11) is 0. The average Bonchev–Trinajstić information content (AvgIpc) is 2.55. The van der Waals surface area contributed by atoms with Crippen LogP contribution in [-0.4, -0.2) is 42.1 Å². The first-order valence-electron chi connectivity index (χ1n) is 7.52. The molecule has 1 atom stereocenters. The van der Waals surface area contributed by atoms with E-state index in [-0.39, 0.29) is 18.9 Å². The molecule has 0 aliphatic carbocycles. The van der Waals surface area contributed by atoms with E-state index in [9.17, 15) is 19.7 Å². The third kappa shape index (κ3) is 5.23. The van der Waals surface area contributed by atoms with Crippen LogP contribution in [0.5, 0.6) is 0 Å². The van der Waals surface area contributed by atoms with E-state index in [4.69, 9.17) is 9.47 Å². The minimum Gasteiger partial charge on any atom is -0.465 e. The molecule has 24 heavy (non-hydrogen) atoms. The molecule has 0 bridgehead atoms. The standard InChI is InChI=1S/C16H21NO6S/c1-4-22-15(18)14(16(19)23-5-2)13(10-24-3)11-6-8-12(9-7-11)17(20)21/h6-9,13-14H,4-5,10H2,1-3H3. The predicted octanol–water partition coefficient (Wildman–Crippen LogP) is 2.78. The number of hydrogen-bond acceptors (Lipinski definition) is 7. The predicted molar refractivity (Wildman–Crippen MR) is 91.0 cm³/mol. The molecule has 1 unspecified atom stereocenters. The van der Waals surface area contributed by atoms with E-state index >= 15 is 0 Å². The number of esters is 2. The molecule has 8 heteroatoms. The highest BCUT2D eigenvalue weighted by Gasteiger charge is 2.38. The molecular weight excluding hydrogens is 334 g/mol. The molecule has 0 heterocycles. The van der Waals surface area contributed by atoms with Gasteiger partial charge >= 0.3 is 11.9 Å². The first kappa shape index (κ1) is 20.0. The van der Waals surface area contributed by atoms with Gasteiger partial charge in [0.1, 0.15) is 0 Å². The summed E-state index contributed by atoms with van der Waals surface area (Å²) in [6, 6.07) is 5.83. The molecule has 0 aromatic heterocycles. The van der Waals surface area contributed by atoms with Crippen molar-refractivity contribution in [2.24, 2.45) is 5.92 Å². The Hall–Kier alpha value is -2.09. The number of thioether (sulfide) groups is 1. The van der Waals surface area contributed by atoms with Crippen LogP contribution in [0.1, 0.15) is 25.3 Å². The Morgan fingerprint density at radius 1 is 1.12 bits per heavy atom. The van der Waals surface area contributed by atoms with Crippen LogP contribution >= 0.6 is 11.8 Å². The Morgan fingerprint density at radius 3 is 2.00 bits per heavy atom. The van der Waals surface area contributed by atoms with Gasteiger partial charge in [-0.1, -0.05) is 12.1 Å². The molecule has 0 saturated heterocycles. The van der Waals surface area contributed by atoms with Gasteiger partial charge in [0.2, 0.25) is 0 Å². The Balaban J connectivity index is 3.21. The van der Waals surface area contributed by atoms with Gasteiger partial charge in [-0.3, -0.25) is 19.7 Å². The van der Waals surface area contributed by atoms with Gasteiger partial charge in [0, 0.05) is 23.8 Å². The summed E-state index contributed by atoms with van der Waals surface area (Å²) >= 11 is 1.46. The zero-order chi connectivity index (χ0) is 18.1.